The molecule has 5 N–H and O–H groups in total. The molecule has 1 aromatic carbocycles. The predicted octanol–water partition coefficient (Wildman–Crippen LogP) is 2.72. The molecule has 1 atom stereocenters. The van der Waals surface area contributed by atoms with Gasteiger partial charge in [0.1, 0.15) is 5.82 Å². The van der Waals surface area contributed by atoms with E-state index in [-0.39, 0.29) is 29.6 Å². The number of hydrogen-bond acceptors (Lipinski definition) is 6. The Kier molecular flexibility index (Phi) is 8.26. The summed E-state index contributed by atoms with van der Waals surface area (Å²) in [6.45, 7) is 15.0. The number of unbranched alkanes of at least 4 members (excludes halogenated alkanes) is 1. The van der Waals surface area contributed by atoms with Gasteiger partial charge in [0.25, 0.3) is 5.91 Å². The summed E-state index contributed by atoms with van der Waals surface area (Å²) < 4.78 is 6.23. The fraction of sp³-hybridized carbons (Fsp3) is 0.560. The number of carbonyl (C=O) groups is 1. The van der Waals surface area contributed by atoms with E-state index in [1.165, 1.54) is 0 Å². The zero-order valence-corrected chi connectivity index (χ0v) is 21.8. The van der Waals surface area contributed by atoms with E-state index >= 15 is 0 Å². The fourth-order valence-electron chi connectivity index (χ4n) is 3.68. The second-order valence-corrected chi connectivity index (χ2v) is 10.1. The lowest BCUT2D eigenvalue weighted by Gasteiger charge is -2.16. The van der Waals surface area contributed by atoms with Crippen molar-refractivity contribution in [3.63, 3.8) is 0 Å². The lowest BCUT2D eigenvalue weighted by atomic mass is 10.1. The summed E-state index contributed by atoms with van der Waals surface area (Å²) in [4.78, 5) is 27.3. The van der Waals surface area contributed by atoms with Gasteiger partial charge in [-0.2, -0.15) is 0 Å². The molecular weight excluding hydrogens is 446 g/mol. The van der Waals surface area contributed by atoms with Crippen molar-refractivity contribution in [2.24, 2.45) is 0 Å². The molecule has 0 aliphatic heterocycles. The molecule has 0 saturated heterocycles. The number of aromatic nitrogens is 4. The molecule has 3 rings (SSSR count). The van der Waals surface area contributed by atoms with Gasteiger partial charge in [-0.25, -0.2) is 9.78 Å². The van der Waals surface area contributed by atoms with Crippen LogP contribution in [0.5, 0.6) is 0 Å². The van der Waals surface area contributed by atoms with E-state index < -0.39 is 0 Å². The quantitative estimate of drug-likeness (QED) is 0.230. The molecule has 0 aliphatic carbocycles. The first-order chi connectivity index (χ1) is 16.5. The van der Waals surface area contributed by atoms with E-state index in [1.807, 2.05) is 65.0 Å². The van der Waals surface area contributed by atoms with Crippen LogP contribution in [0.25, 0.3) is 16.7 Å². The van der Waals surface area contributed by atoms with E-state index in [0.717, 1.165) is 36.2 Å². The average Bonchev–Trinajstić information content (AvgIpc) is 3.16. The molecular formula is C25H39N7O3+2. The predicted molar refractivity (Wildman–Crippen MR) is 140 cm³/mol. The van der Waals surface area contributed by atoms with Gasteiger partial charge >= 0.3 is 5.97 Å². The number of anilines is 1. The zero-order chi connectivity index (χ0) is 25.8. The molecule has 3 aromatic rings. The largest absolute Gasteiger partial charge is 0.640 e. The minimum absolute atomic E-state index is 0.0558. The van der Waals surface area contributed by atoms with Gasteiger partial charge in [0, 0.05) is 38.9 Å². The Bertz CT molecular complexity index is 1200. The van der Waals surface area contributed by atoms with Crippen LogP contribution in [0.15, 0.2) is 18.2 Å². The van der Waals surface area contributed by atoms with Gasteiger partial charge in [-0.05, 0) is 65.3 Å². The minimum atomic E-state index is -0.301. The van der Waals surface area contributed by atoms with Crippen molar-refractivity contribution in [2.75, 3.05) is 18.4 Å². The number of aliphatic carboxylic acids is 1. The average molecular weight is 486 g/mol. The summed E-state index contributed by atoms with van der Waals surface area (Å²) >= 11 is 0. The number of hydrogen-bond donors (Lipinski definition) is 3. The van der Waals surface area contributed by atoms with Crippen LogP contribution in [-0.2, 0) is 0 Å². The Morgan fingerprint density at radius 1 is 1.14 bits per heavy atom. The Labute approximate surface area is 206 Å². The number of nitrogens with zero attached hydrogens (tertiary/aromatic N) is 4. The third-order valence-electron chi connectivity index (χ3n) is 5.35. The van der Waals surface area contributed by atoms with Gasteiger partial charge in [0.2, 0.25) is 11.7 Å². The van der Waals surface area contributed by atoms with Crippen molar-refractivity contribution in [1.29, 1.82) is 0 Å². The monoisotopic (exact) mass is 485 g/mol. The second-order valence-electron chi connectivity index (χ2n) is 10.1. The van der Waals surface area contributed by atoms with Gasteiger partial charge in [-0.1, -0.05) is 0 Å². The highest BCUT2D eigenvalue weighted by molar-refractivity contribution is 5.98. The number of rotatable bonds is 10. The molecule has 0 fully saturated rings. The maximum atomic E-state index is 12.5. The van der Waals surface area contributed by atoms with Gasteiger partial charge < -0.3 is 15.4 Å². The highest BCUT2D eigenvalue weighted by atomic mass is 16.6. The minimum Gasteiger partial charge on any atom is -0.509 e. The number of aryl methyl sites for hydroxylation is 1. The van der Waals surface area contributed by atoms with Crippen molar-refractivity contribution in [2.45, 2.75) is 79.0 Å². The van der Waals surface area contributed by atoms with Crippen LogP contribution >= 0.6 is 0 Å². The molecule has 35 heavy (non-hydrogen) atoms. The summed E-state index contributed by atoms with van der Waals surface area (Å²) in [5.41, 5.74) is 2.45. The number of nitrogens with one attached hydrogen (secondary N) is 3. The molecule has 10 heteroatoms. The molecule has 190 valence electrons. The summed E-state index contributed by atoms with van der Waals surface area (Å²) in [5, 5.41) is 18.2. The highest BCUT2D eigenvalue weighted by Gasteiger charge is 2.32. The Balaban J connectivity index is 1.63. The van der Waals surface area contributed by atoms with Crippen LogP contribution in [0, 0.1) is 6.92 Å². The number of fused-ring (bicyclic) bond motifs is 3. The number of carbonyl (C=O) groups excluding carboxylic acids is 1. The summed E-state index contributed by atoms with van der Waals surface area (Å²) in [5.74, 6) is 1.40. The van der Waals surface area contributed by atoms with E-state index in [1.54, 1.807) is 6.07 Å². The maximum Gasteiger partial charge on any atom is 0.640 e. The van der Waals surface area contributed by atoms with Crippen molar-refractivity contribution in [1.82, 2.24) is 30.2 Å². The number of benzene rings is 1. The highest BCUT2D eigenvalue weighted by Crippen LogP contribution is 2.23. The lowest BCUT2D eigenvalue weighted by Crippen LogP contribution is -2.42. The van der Waals surface area contributed by atoms with Gasteiger partial charge in [0.05, 0.1) is 11.0 Å². The van der Waals surface area contributed by atoms with E-state index in [2.05, 4.69) is 30.9 Å². The van der Waals surface area contributed by atoms with Crippen LogP contribution in [0.1, 0.15) is 70.6 Å². The summed E-state index contributed by atoms with van der Waals surface area (Å²) in [6, 6.07) is 5.34. The molecule has 10 nitrogen and oxygen atoms in total. The number of aliphatic hydroxyl groups is 1. The number of ether oxygens (including phenoxy) is 1. The molecule has 0 aliphatic rings. The maximum absolute atomic E-state index is 12.5. The molecule has 2 heterocycles. The SMILES string of the molecule is Cc1nnc2c(NCCCCN[C@H](C)C(=[OH+])[OH+]C(C)(C)C)nc3ccc(C(=O)NC(C)C)cc3n12. The van der Waals surface area contributed by atoms with E-state index in [9.17, 15) is 9.59 Å². The molecule has 2 aromatic heterocycles. The van der Waals surface area contributed by atoms with Crippen molar-refractivity contribution in [3.05, 3.63) is 29.6 Å². The van der Waals surface area contributed by atoms with Crippen LogP contribution in [0.4, 0.5) is 5.82 Å². The summed E-state index contributed by atoms with van der Waals surface area (Å²) in [7, 11) is 0. The van der Waals surface area contributed by atoms with Gasteiger partial charge in [0.15, 0.2) is 11.4 Å². The molecule has 1 amide bonds. The molecule has 0 spiro atoms. The van der Waals surface area contributed by atoms with Crippen molar-refractivity contribution in [3.8, 4) is 0 Å². The Morgan fingerprint density at radius 3 is 2.54 bits per heavy atom. The number of carboxylic acids is 1. The van der Waals surface area contributed by atoms with Crippen molar-refractivity contribution < 1.29 is 14.3 Å². The standard InChI is InChI=1S/C25H37N7O3/c1-15(2)28-23(33)18-10-11-19-20(14-18)32-17(4)30-31-22(32)21(29-19)27-13-9-8-12-26-16(3)24(34)35-25(5,6)7/h10-11,14-16,26H,8-9,12-13H2,1-7H3,(H,27,29)(H,28,33)/p+2/t16-/m1/s1. The Morgan fingerprint density at radius 2 is 1.86 bits per heavy atom. The molecule has 0 saturated carbocycles. The Hall–Kier alpha value is -3.27. The van der Waals surface area contributed by atoms with Crippen LogP contribution in [0.2, 0.25) is 0 Å². The first-order valence-electron chi connectivity index (χ1n) is 12.2. The molecule has 0 bridgehead atoms. The summed E-state index contributed by atoms with van der Waals surface area (Å²) in [6.07, 6.45) is 1.83. The topological polar surface area (TPSA) is 130 Å². The van der Waals surface area contributed by atoms with Crippen LogP contribution < -0.4 is 16.0 Å². The third-order valence-corrected chi connectivity index (χ3v) is 5.35. The van der Waals surface area contributed by atoms with Crippen LogP contribution in [-0.4, -0.2) is 71.8 Å². The van der Waals surface area contributed by atoms with Crippen molar-refractivity contribution >= 4 is 34.4 Å². The van der Waals surface area contributed by atoms with Gasteiger partial charge in [-0.3, -0.25) is 14.5 Å². The number of amides is 1. The zero-order valence-electron chi connectivity index (χ0n) is 21.8. The van der Waals surface area contributed by atoms with Crippen LogP contribution in [0.3, 0.4) is 0 Å². The smallest absolute Gasteiger partial charge is 0.509 e. The first kappa shape index (κ1) is 26.3. The lowest BCUT2D eigenvalue weighted by molar-refractivity contribution is -0.0503. The fourth-order valence-corrected chi connectivity index (χ4v) is 3.68. The van der Waals surface area contributed by atoms with E-state index in [4.69, 9.17) is 4.98 Å². The normalized spacial score (nSPS) is 12.8. The second kappa shape index (κ2) is 11.0. The van der Waals surface area contributed by atoms with Gasteiger partial charge in [-0.15, -0.1) is 10.2 Å². The van der Waals surface area contributed by atoms with E-state index in [0.29, 0.717) is 23.6 Å². The molecule has 0 radical (unpaired) electrons. The first-order valence-corrected chi connectivity index (χ1v) is 12.2. The molecule has 0 unspecified atom stereocenters. The third kappa shape index (κ3) is 6.88.